The summed E-state index contributed by atoms with van der Waals surface area (Å²) in [5, 5.41) is 8.66. The molecule has 6 heteroatoms. The molecule has 4 nitrogen and oxygen atoms in total. The van der Waals surface area contributed by atoms with E-state index in [1.165, 1.54) is 23.9 Å². The van der Waals surface area contributed by atoms with E-state index in [1.807, 2.05) is 6.07 Å². The number of carbonyl (C=O) groups excluding carboxylic acids is 1. The summed E-state index contributed by atoms with van der Waals surface area (Å²) in [6, 6.07) is 13.2. The van der Waals surface area contributed by atoms with Gasteiger partial charge in [0.1, 0.15) is 11.9 Å². The van der Waals surface area contributed by atoms with E-state index in [2.05, 4.69) is 0 Å². The molecule has 0 aromatic heterocycles. The summed E-state index contributed by atoms with van der Waals surface area (Å²) in [6.07, 6.45) is 1.37. The molecular weight excluding hydrogens is 353 g/mol. The van der Waals surface area contributed by atoms with Crippen LogP contribution in [0.5, 0.6) is 0 Å². The van der Waals surface area contributed by atoms with Crippen LogP contribution in [0.25, 0.3) is 0 Å². The van der Waals surface area contributed by atoms with Gasteiger partial charge in [0.25, 0.3) is 5.78 Å². The number of methoxy groups -OCH3 is 1. The van der Waals surface area contributed by atoms with E-state index in [1.54, 1.807) is 37.4 Å². The number of hydrogen-bond acceptors (Lipinski definition) is 5. The van der Waals surface area contributed by atoms with Crippen molar-refractivity contribution < 1.29 is 18.7 Å². The zero-order valence-corrected chi connectivity index (χ0v) is 15.1. The van der Waals surface area contributed by atoms with Crippen LogP contribution in [-0.4, -0.2) is 26.1 Å². The lowest BCUT2D eigenvalue weighted by Gasteiger charge is -2.36. The Hall–Kier alpha value is -2.20. The van der Waals surface area contributed by atoms with Crippen molar-refractivity contribution >= 4 is 17.5 Å². The van der Waals surface area contributed by atoms with Crippen LogP contribution in [0, 0.1) is 17.1 Å². The van der Waals surface area contributed by atoms with Gasteiger partial charge in [0.2, 0.25) is 0 Å². The molecule has 0 amide bonds. The normalized spacial score (nSPS) is 16.0. The molecule has 1 aliphatic rings. The van der Waals surface area contributed by atoms with E-state index in [0.29, 0.717) is 31.6 Å². The van der Waals surface area contributed by atoms with Crippen LogP contribution in [0.2, 0.25) is 0 Å². The number of nitrogens with zero attached hydrogens (tertiary/aromatic N) is 1. The highest BCUT2D eigenvalue weighted by atomic mass is 32.2. The lowest BCUT2D eigenvalue weighted by molar-refractivity contribution is -0.0950. The first-order valence-corrected chi connectivity index (χ1v) is 9.04. The average Bonchev–Trinajstić information content (AvgIpc) is 2.68. The third-order valence-corrected chi connectivity index (χ3v) is 5.52. The predicted molar refractivity (Wildman–Crippen MR) is 95.6 cm³/mol. The summed E-state index contributed by atoms with van der Waals surface area (Å²) < 4.78 is 25.4. The molecule has 0 radical (unpaired) electrons. The molecule has 0 N–H and O–H groups in total. The first-order valence-electron chi connectivity index (χ1n) is 8.23. The summed E-state index contributed by atoms with van der Waals surface area (Å²) in [7, 11) is 1.65. The van der Waals surface area contributed by atoms with E-state index >= 15 is 0 Å². The van der Waals surface area contributed by atoms with Gasteiger partial charge in [-0.2, -0.15) is 5.26 Å². The van der Waals surface area contributed by atoms with Crippen LogP contribution in [-0.2, 0) is 15.1 Å². The average molecular weight is 371 g/mol. The lowest BCUT2D eigenvalue weighted by Crippen LogP contribution is -2.35. The molecular formula is C20H18FNO3S. The highest BCUT2D eigenvalue weighted by molar-refractivity contribution is 7.99. The van der Waals surface area contributed by atoms with Crippen LogP contribution < -0.4 is 0 Å². The molecule has 2 aromatic rings. The van der Waals surface area contributed by atoms with Crippen molar-refractivity contribution in [1.82, 2.24) is 0 Å². The Labute approximate surface area is 155 Å². The van der Waals surface area contributed by atoms with Gasteiger partial charge in [-0.1, -0.05) is 11.8 Å². The summed E-state index contributed by atoms with van der Waals surface area (Å²) in [5.41, 5.74) is 0.623. The Morgan fingerprint density at radius 3 is 2.50 bits per heavy atom. The number of Topliss-reactive ketones (excluding diaryl/α,β-unsaturated/α-hetero) is 1. The fraction of sp³-hybridized carbons (Fsp3) is 0.300. The van der Waals surface area contributed by atoms with Crippen molar-refractivity contribution in [2.24, 2.45) is 0 Å². The maximum absolute atomic E-state index is 14.2. The fourth-order valence-corrected chi connectivity index (χ4v) is 3.97. The maximum atomic E-state index is 14.2. The van der Waals surface area contributed by atoms with Gasteiger partial charge in [-0.05, 0) is 48.0 Å². The van der Waals surface area contributed by atoms with Gasteiger partial charge >= 0.3 is 0 Å². The van der Waals surface area contributed by atoms with Crippen molar-refractivity contribution in [1.29, 1.82) is 5.26 Å². The SMILES string of the molecule is COC1(c2cc(F)cc(Sc3ccc(C(=O)C#N)cc3)c2)CCOCC1. The summed E-state index contributed by atoms with van der Waals surface area (Å²) in [5.74, 6) is -0.889. The maximum Gasteiger partial charge on any atom is 0.262 e. The first-order chi connectivity index (χ1) is 12.6. The van der Waals surface area contributed by atoms with Gasteiger partial charge in [-0.25, -0.2) is 4.39 Å². The molecule has 1 heterocycles. The molecule has 0 saturated carbocycles. The monoisotopic (exact) mass is 371 g/mol. The molecule has 0 atom stereocenters. The van der Waals surface area contributed by atoms with Crippen molar-refractivity contribution in [3.63, 3.8) is 0 Å². The highest BCUT2D eigenvalue weighted by Gasteiger charge is 2.35. The zero-order valence-electron chi connectivity index (χ0n) is 14.3. The number of rotatable bonds is 5. The third-order valence-electron chi connectivity index (χ3n) is 4.54. The Morgan fingerprint density at radius 1 is 1.19 bits per heavy atom. The summed E-state index contributed by atoms with van der Waals surface area (Å²) in [4.78, 5) is 13.0. The van der Waals surface area contributed by atoms with Crippen molar-refractivity contribution in [3.05, 3.63) is 59.4 Å². The molecule has 3 rings (SSSR count). The Morgan fingerprint density at radius 2 is 1.88 bits per heavy atom. The molecule has 1 saturated heterocycles. The van der Waals surface area contributed by atoms with Crippen LogP contribution in [0.15, 0.2) is 52.3 Å². The van der Waals surface area contributed by atoms with E-state index in [4.69, 9.17) is 14.7 Å². The fourth-order valence-electron chi connectivity index (χ4n) is 3.07. The van der Waals surface area contributed by atoms with E-state index < -0.39 is 11.4 Å². The van der Waals surface area contributed by atoms with Crippen LogP contribution in [0.1, 0.15) is 28.8 Å². The topological polar surface area (TPSA) is 59.3 Å². The van der Waals surface area contributed by atoms with Gasteiger partial charge < -0.3 is 9.47 Å². The van der Waals surface area contributed by atoms with Crippen molar-refractivity contribution in [2.45, 2.75) is 28.2 Å². The zero-order chi connectivity index (χ0) is 18.6. The van der Waals surface area contributed by atoms with E-state index in [-0.39, 0.29) is 5.82 Å². The van der Waals surface area contributed by atoms with Crippen LogP contribution in [0.3, 0.4) is 0 Å². The summed E-state index contributed by atoms with van der Waals surface area (Å²) >= 11 is 1.40. The number of hydrogen-bond donors (Lipinski definition) is 0. The van der Waals surface area contributed by atoms with Gasteiger partial charge in [0.05, 0.1) is 5.60 Å². The highest BCUT2D eigenvalue weighted by Crippen LogP contribution is 2.38. The Kier molecular flexibility index (Phi) is 5.72. The van der Waals surface area contributed by atoms with Crippen molar-refractivity contribution in [2.75, 3.05) is 20.3 Å². The largest absolute Gasteiger partial charge is 0.381 e. The summed E-state index contributed by atoms with van der Waals surface area (Å²) in [6.45, 7) is 1.17. The number of ether oxygens (including phenoxy) is 2. The Bertz CT molecular complexity index is 839. The van der Waals surface area contributed by atoms with Gasteiger partial charge in [0.15, 0.2) is 0 Å². The molecule has 0 bridgehead atoms. The van der Waals surface area contributed by atoms with Gasteiger partial charge in [-0.3, -0.25) is 4.79 Å². The third kappa shape index (κ3) is 3.96. The predicted octanol–water partition coefficient (Wildman–Crippen LogP) is 4.34. The number of halogens is 1. The molecule has 0 unspecified atom stereocenters. The lowest BCUT2D eigenvalue weighted by atomic mass is 9.86. The molecule has 0 spiro atoms. The first kappa shape index (κ1) is 18.6. The molecule has 26 heavy (non-hydrogen) atoms. The molecule has 2 aromatic carbocycles. The van der Waals surface area contributed by atoms with Crippen molar-refractivity contribution in [3.8, 4) is 6.07 Å². The quantitative estimate of drug-likeness (QED) is 0.578. The minimum atomic E-state index is -0.573. The second kappa shape index (κ2) is 8.00. The molecule has 1 fully saturated rings. The smallest absolute Gasteiger partial charge is 0.262 e. The number of carbonyl (C=O) groups is 1. The number of ketones is 1. The molecule has 134 valence electrons. The minimum Gasteiger partial charge on any atom is -0.381 e. The van der Waals surface area contributed by atoms with Crippen LogP contribution >= 0.6 is 11.8 Å². The molecule has 0 aliphatic carbocycles. The standard InChI is InChI=1S/C20H18FNO3S/c1-24-20(6-8-25-9-7-20)15-10-16(21)12-18(11-15)26-17-4-2-14(3-5-17)19(23)13-22/h2-5,10-12H,6-9H2,1H3. The molecule has 1 aliphatic heterocycles. The number of nitriles is 1. The van der Waals surface area contributed by atoms with E-state index in [0.717, 1.165) is 15.4 Å². The van der Waals surface area contributed by atoms with Gasteiger partial charge in [-0.15, -0.1) is 0 Å². The van der Waals surface area contributed by atoms with E-state index in [9.17, 15) is 9.18 Å². The number of benzene rings is 2. The second-order valence-electron chi connectivity index (χ2n) is 6.05. The minimum absolute atomic E-state index is 0.316. The van der Waals surface area contributed by atoms with Crippen LogP contribution in [0.4, 0.5) is 4.39 Å². The second-order valence-corrected chi connectivity index (χ2v) is 7.20. The van der Waals surface area contributed by atoms with Gasteiger partial charge in [0, 0.05) is 48.5 Å². The Balaban J connectivity index is 1.86.